The van der Waals surface area contributed by atoms with Crippen LogP contribution in [0.5, 0.6) is 0 Å². The number of rotatable bonds is 3. The molecule has 0 atom stereocenters. The van der Waals surface area contributed by atoms with Crippen molar-refractivity contribution in [3.63, 3.8) is 0 Å². The van der Waals surface area contributed by atoms with Crippen molar-refractivity contribution < 1.29 is 14.7 Å². The van der Waals surface area contributed by atoms with E-state index in [2.05, 4.69) is 0 Å². The van der Waals surface area contributed by atoms with Crippen molar-refractivity contribution in [3.8, 4) is 0 Å². The molecule has 1 amide bonds. The maximum atomic E-state index is 12.1. The summed E-state index contributed by atoms with van der Waals surface area (Å²) in [5.74, 6) is -0.625. The molecule has 2 heterocycles. The molecule has 1 N–H and O–H groups in total. The van der Waals surface area contributed by atoms with E-state index < -0.39 is 5.97 Å². The van der Waals surface area contributed by atoms with Crippen LogP contribution in [-0.4, -0.2) is 35.0 Å². The molecule has 2 rings (SSSR count). The van der Waals surface area contributed by atoms with Gasteiger partial charge in [-0.1, -0.05) is 11.6 Å². The molecule has 0 aromatic carbocycles. The second kappa shape index (κ2) is 5.71. The topological polar surface area (TPSA) is 57.6 Å². The Bertz CT molecular complexity index is 452. The van der Waals surface area contributed by atoms with Gasteiger partial charge >= 0.3 is 5.97 Å². The molecule has 0 spiro atoms. The Hall–Kier alpha value is -1.07. The SMILES string of the molecule is O=C(O)CC1CCN(C(=O)c2ccsc2Cl)CC1. The van der Waals surface area contributed by atoms with Crippen molar-refractivity contribution in [2.45, 2.75) is 19.3 Å². The van der Waals surface area contributed by atoms with Crippen LogP contribution in [0.25, 0.3) is 0 Å². The average Bonchev–Trinajstić information content (AvgIpc) is 2.75. The summed E-state index contributed by atoms with van der Waals surface area (Å²) in [7, 11) is 0. The molecule has 4 nitrogen and oxygen atoms in total. The fourth-order valence-electron chi connectivity index (χ4n) is 2.20. The van der Waals surface area contributed by atoms with Gasteiger partial charge in [-0.05, 0) is 30.2 Å². The predicted octanol–water partition coefficient (Wildman–Crippen LogP) is 2.73. The van der Waals surface area contributed by atoms with Crippen molar-refractivity contribution in [1.82, 2.24) is 4.90 Å². The molecule has 18 heavy (non-hydrogen) atoms. The van der Waals surface area contributed by atoms with Crippen molar-refractivity contribution in [3.05, 3.63) is 21.3 Å². The Labute approximate surface area is 114 Å². The Kier molecular flexibility index (Phi) is 4.24. The number of carboxylic acid groups (broad SMARTS) is 1. The van der Waals surface area contributed by atoms with Gasteiger partial charge in [-0.2, -0.15) is 0 Å². The van der Waals surface area contributed by atoms with Gasteiger partial charge in [-0.15, -0.1) is 11.3 Å². The van der Waals surface area contributed by atoms with Crippen molar-refractivity contribution in [2.75, 3.05) is 13.1 Å². The third-order valence-electron chi connectivity index (χ3n) is 3.21. The number of piperidine rings is 1. The number of hydrogen-bond acceptors (Lipinski definition) is 3. The third kappa shape index (κ3) is 3.03. The van der Waals surface area contributed by atoms with Crippen LogP contribution in [0.3, 0.4) is 0 Å². The van der Waals surface area contributed by atoms with Crippen LogP contribution >= 0.6 is 22.9 Å². The molecule has 0 bridgehead atoms. The van der Waals surface area contributed by atoms with E-state index in [-0.39, 0.29) is 18.2 Å². The first-order chi connectivity index (χ1) is 8.58. The first-order valence-electron chi connectivity index (χ1n) is 5.82. The van der Waals surface area contributed by atoms with E-state index in [1.807, 2.05) is 0 Å². The second-order valence-electron chi connectivity index (χ2n) is 4.44. The minimum atomic E-state index is -0.763. The Balaban J connectivity index is 1.92. The van der Waals surface area contributed by atoms with E-state index in [4.69, 9.17) is 16.7 Å². The number of aliphatic carboxylic acids is 1. The lowest BCUT2D eigenvalue weighted by Crippen LogP contribution is -2.38. The van der Waals surface area contributed by atoms with Gasteiger partial charge in [0.05, 0.1) is 5.56 Å². The van der Waals surface area contributed by atoms with Crippen LogP contribution < -0.4 is 0 Å². The lowest BCUT2D eigenvalue weighted by atomic mass is 9.93. The fraction of sp³-hybridized carbons (Fsp3) is 0.500. The molecule has 1 saturated heterocycles. The summed E-state index contributed by atoms with van der Waals surface area (Å²) in [5.41, 5.74) is 0.554. The van der Waals surface area contributed by atoms with Crippen molar-refractivity contribution in [1.29, 1.82) is 0 Å². The summed E-state index contributed by atoms with van der Waals surface area (Å²) in [6.45, 7) is 1.23. The van der Waals surface area contributed by atoms with E-state index in [9.17, 15) is 9.59 Å². The van der Waals surface area contributed by atoms with Crippen molar-refractivity contribution in [2.24, 2.45) is 5.92 Å². The number of carboxylic acids is 1. The number of carbonyl (C=O) groups is 2. The van der Waals surface area contributed by atoms with Crippen LogP contribution in [-0.2, 0) is 4.79 Å². The van der Waals surface area contributed by atoms with Gasteiger partial charge in [-0.3, -0.25) is 9.59 Å². The predicted molar refractivity (Wildman–Crippen MR) is 70.2 cm³/mol. The minimum Gasteiger partial charge on any atom is -0.481 e. The summed E-state index contributed by atoms with van der Waals surface area (Å²) < 4.78 is 0.521. The smallest absolute Gasteiger partial charge is 0.303 e. The first-order valence-corrected chi connectivity index (χ1v) is 7.07. The molecule has 0 saturated carbocycles. The Morgan fingerprint density at radius 2 is 2.11 bits per heavy atom. The second-order valence-corrected chi connectivity index (χ2v) is 5.96. The van der Waals surface area contributed by atoms with Crippen LogP contribution in [0.2, 0.25) is 4.34 Å². The van der Waals surface area contributed by atoms with Crippen LogP contribution in [0.15, 0.2) is 11.4 Å². The molecule has 0 aliphatic carbocycles. The van der Waals surface area contributed by atoms with Gasteiger partial charge in [0, 0.05) is 19.5 Å². The lowest BCUT2D eigenvalue weighted by Gasteiger charge is -2.31. The number of halogens is 1. The molecular weight excluding hydrogens is 274 g/mol. The highest BCUT2D eigenvalue weighted by Crippen LogP contribution is 2.27. The van der Waals surface area contributed by atoms with E-state index in [0.717, 1.165) is 12.8 Å². The number of hydrogen-bond donors (Lipinski definition) is 1. The average molecular weight is 288 g/mol. The zero-order valence-corrected chi connectivity index (χ0v) is 11.3. The molecule has 0 unspecified atom stereocenters. The zero-order chi connectivity index (χ0) is 13.1. The maximum absolute atomic E-state index is 12.1. The van der Waals surface area contributed by atoms with Gasteiger partial charge in [0.15, 0.2) is 0 Å². The molecule has 0 radical (unpaired) electrons. The fourth-order valence-corrected chi connectivity index (χ4v) is 3.11. The monoisotopic (exact) mass is 287 g/mol. The molecule has 98 valence electrons. The Morgan fingerprint density at radius 3 is 2.61 bits per heavy atom. The van der Waals surface area contributed by atoms with Crippen LogP contribution in [0.1, 0.15) is 29.6 Å². The van der Waals surface area contributed by atoms with Crippen molar-refractivity contribution >= 4 is 34.8 Å². The normalized spacial score (nSPS) is 16.8. The number of likely N-dealkylation sites (tertiary alicyclic amines) is 1. The molecule has 1 fully saturated rings. The molecule has 1 aliphatic rings. The van der Waals surface area contributed by atoms with E-state index in [1.165, 1.54) is 11.3 Å². The van der Waals surface area contributed by atoms with Gasteiger partial charge in [0.2, 0.25) is 0 Å². The van der Waals surface area contributed by atoms with E-state index in [0.29, 0.717) is 23.0 Å². The maximum Gasteiger partial charge on any atom is 0.303 e. The summed E-state index contributed by atoms with van der Waals surface area (Å²) in [4.78, 5) is 24.5. The standard InChI is InChI=1S/C12H14ClNO3S/c13-11-9(3-6-18-11)12(17)14-4-1-8(2-5-14)7-10(15)16/h3,6,8H,1-2,4-5,7H2,(H,15,16). The highest BCUT2D eigenvalue weighted by atomic mass is 35.5. The third-order valence-corrected chi connectivity index (χ3v) is 4.38. The Morgan fingerprint density at radius 1 is 1.44 bits per heavy atom. The molecule has 1 aliphatic heterocycles. The van der Waals surface area contributed by atoms with Gasteiger partial charge < -0.3 is 10.0 Å². The lowest BCUT2D eigenvalue weighted by molar-refractivity contribution is -0.138. The molecule has 1 aromatic rings. The number of nitrogens with zero attached hydrogens (tertiary/aromatic N) is 1. The summed E-state index contributed by atoms with van der Waals surface area (Å²) in [5, 5.41) is 10.5. The zero-order valence-electron chi connectivity index (χ0n) is 9.76. The summed E-state index contributed by atoms with van der Waals surface area (Å²) in [6.07, 6.45) is 1.70. The van der Waals surface area contributed by atoms with Crippen LogP contribution in [0.4, 0.5) is 0 Å². The molecule has 1 aromatic heterocycles. The van der Waals surface area contributed by atoms with Gasteiger partial charge in [-0.25, -0.2) is 0 Å². The van der Waals surface area contributed by atoms with Gasteiger partial charge in [0.1, 0.15) is 4.34 Å². The van der Waals surface area contributed by atoms with E-state index >= 15 is 0 Å². The molecular formula is C12H14ClNO3S. The van der Waals surface area contributed by atoms with Crippen LogP contribution in [0, 0.1) is 5.92 Å². The number of thiophene rings is 1. The minimum absolute atomic E-state index is 0.0463. The highest BCUT2D eigenvalue weighted by Gasteiger charge is 2.26. The largest absolute Gasteiger partial charge is 0.481 e. The quantitative estimate of drug-likeness (QED) is 0.930. The highest BCUT2D eigenvalue weighted by molar-refractivity contribution is 7.14. The summed E-state index contributed by atoms with van der Waals surface area (Å²) in [6, 6.07) is 1.73. The van der Waals surface area contributed by atoms with Gasteiger partial charge in [0.25, 0.3) is 5.91 Å². The number of amides is 1. The summed E-state index contributed by atoms with van der Waals surface area (Å²) >= 11 is 7.29. The number of carbonyl (C=O) groups excluding carboxylic acids is 1. The first kappa shape index (κ1) is 13.4. The molecule has 6 heteroatoms. The van der Waals surface area contributed by atoms with E-state index in [1.54, 1.807) is 16.3 Å².